The van der Waals surface area contributed by atoms with Crippen molar-refractivity contribution in [3.8, 4) is 0 Å². The van der Waals surface area contributed by atoms with Crippen LogP contribution in [0.4, 0.5) is 0 Å². The minimum atomic E-state index is 0.714. The van der Waals surface area contributed by atoms with E-state index in [-0.39, 0.29) is 0 Å². The van der Waals surface area contributed by atoms with Crippen LogP contribution in [-0.4, -0.2) is 4.98 Å². The molecule has 0 saturated carbocycles. The summed E-state index contributed by atoms with van der Waals surface area (Å²) < 4.78 is 7.53. The molecule has 4 heteroatoms. The maximum atomic E-state index is 5.43. The lowest BCUT2D eigenvalue weighted by Crippen LogP contribution is -1.88. The fourth-order valence-electron chi connectivity index (χ4n) is 1.37. The summed E-state index contributed by atoms with van der Waals surface area (Å²) in [6.07, 6.45) is 2.45. The number of benzene rings is 1. The van der Waals surface area contributed by atoms with Crippen LogP contribution in [0.25, 0.3) is 0 Å². The smallest absolute Gasteiger partial charge is 0.198 e. The highest BCUT2D eigenvalue weighted by molar-refractivity contribution is 9.11. The molecule has 2 nitrogen and oxygen atoms in total. The zero-order valence-electron chi connectivity index (χ0n) is 8.13. The van der Waals surface area contributed by atoms with Gasteiger partial charge in [-0.25, -0.2) is 4.98 Å². The summed E-state index contributed by atoms with van der Waals surface area (Å²) >= 11 is 6.90. The predicted molar refractivity (Wildman–Crippen MR) is 65.9 cm³/mol. The third kappa shape index (κ3) is 2.92. The van der Waals surface area contributed by atoms with E-state index in [2.05, 4.69) is 49.0 Å². The summed E-state index contributed by atoms with van der Waals surface area (Å²) in [7, 11) is 0. The molecule has 0 aliphatic rings. The summed E-state index contributed by atoms with van der Waals surface area (Å²) in [5.74, 6) is 1.59. The SMILES string of the molecule is Cc1cnc(Cc2cc(Br)cc(Br)c2)o1. The third-order valence-electron chi connectivity index (χ3n) is 1.95. The number of hydrogen-bond acceptors (Lipinski definition) is 2. The van der Waals surface area contributed by atoms with E-state index in [9.17, 15) is 0 Å². The van der Waals surface area contributed by atoms with Gasteiger partial charge in [-0.05, 0) is 30.7 Å². The van der Waals surface area contributed by atoms with Crippen molar-refractivity contribution in [2.75, 3.05) is 0 Å². The Bertz CT molecular complexity index is 459. The fraction of sp³-hybridized carbons (Fsp3) is 0.182. The van der Waals surface area contributed by atoms with Crippen LogP contribution in [0.2, 0.25) is 0 Å². The molecule has 2 aromatic rings. The van der Waals surface area contributed by atoms with Crippen molar-refractivity contribution < 1.29 is 4.42 Å². The van der Waals surface area contributed by atoms with E-state index in [1.54, 1.807) is 6.20 Å². The lowest BCUT2D eigenvalue weighted by atomic mass is 10.1. The van der Waals surface area contributed by atoms with Gasteiger partial charge >= 0.3 is 0 Å². The van der Waals surface area contributed by atoms with Gasteiger partial charge < -0.3 is 4.42 Å². The van der Waals surface area contributed by atoms with Crippen LogP contribution in [-0.2, 0) is 6.42 Å². The van der Waals surface area contributed by atoms with Gasteiger partial charge in [0.15, 0.2) is 5.89 Å². The average Bonchev–Trinajstić information content (AvgIpc) is 2.49. The van der Waals surface area contributed by atoms with Gasteiger partial charge in [-0.15, -0.1) is 0 Å². The van der Waals surface area contributed by atoms with Crippen molar-refractivity contribution in [3.63, 3.8) is 0 Å². The number of halogens is 2. The number of hydrogen-bond donors (Lipinski definition) is 0. The Morgan fingerprint density at radius 1 is 1.20 bits per heavy atom. The van der Waals surface area contributed by atoms with Crippen molar-refractivity contribution in [1.82, 2.24) is 4.98 Å². The van der Waals surface area contributed by atoms with Crippen molar-refractivity contribution in [1.29, 1.82) is 0 Å². The number of oxazole rings is 1. The molecule has 0 N–H and O–H groups in total. The Morgan fingerprint density at radius 3 is 2.40 bits per heavy atom. The minimum absolute atomic E-state index is 0.714. The number of rotatable bonds is 2. The Kier molecular flexibility index (Phi) is 3.26. The monoisotopic (exact) mass is 329 g/mol. The maximum Gasteiger partial charge on any atom is 0.198 e. The van der Waals surface area contributed by atoms with Crippen molar-refractivity contribution in [2.24, 2.45) is 0 Å². The van der Waals surface area contributed by atoms with E-state index in [1.807, 2.05) is 13.0 Å². The van der Waals surface area contributed by atoms with Gasteiger partial charge in [0.1, 0.15) is 5.76 Å². The number of aromatic nitrogens is 1. The summed E-state index contributed by atoms with van der Waals surface area (Å²) in [6.45, 7) is 1.90. The van der Waals surface area contributed by atoms with Gasteiger partial charge in [0.2, 0.25) is 0 Å². The summed E-state index contributed by atoms with van der Waals surface area (Å²) in [6, 6.07) is 6.12. The number of nitrogens with zero attached hydrogens (tertiary/aromatic N) is 1. The van der Waals surface area contributed by atoms with Crippen LogP contribution in [0.5, 0.6) is 0 Å². The zero-order chi connectivity index (χ0) is 10.8. The molecule has 78 valence electrons. The zero-order valence-corrected chi connectivity index (χ0v) is 11.3. The molecule has 0 spiro atoms. The van der Waals surface area contributed by atoms with E-state index in [4.69, 9.17) is 4.42 Å². The van der Waals surface area contributed by atoms with Gasteiger partial charge in [-0.1, -0.05) is 31.9 Å². The molecule has 2 rings (SSSR count). The molecule has 1 heterocycles. The standard InChI is InChI=1S/C11H9Br2NO/c1-7-6-14-11(15-7)4-8-2-9(12)5-10(13)3-8/h2-3,5-6H,4H2,1H3. The van der Waals surface area contributed by atoms with E-state index in [1.165, 1.54) is 0 Å². The molecule has 0 amide bonds. The van der Waals surface area contributed by atoms with Crippen molar-refractivity contribution in [3.05, 3.63) is 50.6 Å². The normalized spacial score (nSPS) is 10.6. The first-order chi connectivity index (χ1) is 7.13. The quantitative estimate of drug-likeness (QED) is 0.828. The largest absolute Gasteiger partial charge is 0.446 e. The second-order valence-electron chi connectivity index (χ2n) is 3.32. The van der Waals surface area contributed by atoms with Crippen LogP contribution in [0.3, 0.4) is 0 Å². The summed E-state index contributed by atoms with van der Waals surface area (Å²) in [5, 5.41) is 0. The Balaban J connectivity index is 2.24. The molecule has 1 aromatic heterocycles. The third-order valence-corrected chi connectivity index (χ3v) is 2.86. The topological polar surface area (TPSA) is 26.0 Å². The Hall–Kier alpha value is -0.610. The highest BCUT2D eigenvalue weighted by Gasteiger charge is 2.04. The van der Waals surface area contributed by atoms with E-state index in [0.29, 0.717) is 6.42 Å². The molecule has 1 aromatic carbocycles. The molecule has 0 unspecified atom stereocenters. The molecule has 0 bridgehead atoms. The molecule has 15 heavy (non-hydrogen) atoms. The second kappa shape index (κ2) is 4.49. The van der Waals surface area contributed by atoms with Crippen molar-refractivity contribution in [2.45, 2.75) is 13.3 Å². The van der Waals surface area contributed by atoms with E-state index < -0.39 is 0 Å². The highest BCUT2D eigenvalue weighted by atomic mass is 79.9. The number of aryl methyl sites for hydroxylation is 1. The van der Waals surface area contributed by atoms with E-state index in [0.717, 1.165) is 26.2 Å². The molecular formula is C11H9Br2NO. The maximum absolute atomic E-state index is 5.43. The van der Waals surface area contributed by atoms with Gasteiger partial charge in [0.25, 0.3) is 0 Å². The van der Waals surface area contributed by atoms with Crippen LogP contribution < -0.4 is 0 Å². The minimum Gasteiger partial charge on any atom is -0.446 e. The average molecular weight is 331 g/mol. The lowest BCUT2D eigenvalue weighted by molar-refractivity contribution is 0.481. The molecule has 0 atom stereocenters. The molecule has 0 aliphatic carbocycles. The van der Waals surface area contributed by atoms with Crippen molar-refractivity contribution >= 4 is 31.9 Å². The Labute approximate surface area is 105 Å². The van der Waals surface area contributed by atoms with Crippen LogP contribution in [0.15, 0.2) is 37.8 Å². The van der Waals surface area contributed by atoms with Gasteiger partial charge in [0.05, 0.1) is 6.20 Å². The van der Waals surface area contributed by atoms with Crippen LogP contribution >= 0.6 is 31.9 Å². The molecular weight excluding hydrogens is 322 g/mol. The van der Waals surface area contributed by atoms with Gasteiger partial charge in [-0.2, -0.15) is 0 Å². The summed E-state index contributed by atoms with van der Waals surface area (Å²) in [4.78, 5) is 4.17. The predicted octanol–water partition coefficient (Wildman–Crippen LogP) is 4.10. The summed E-state index contributed by atoms with van der Waals surface area (Å²) in [5.41, 5.74) is 1.16. The first-order valence-corrected chi connectivity index (χ1v) is 6.08. The molecule has 0 radical (unpaired) electrons. The lowest BCUT2D eigenvalue weighted by Gasteiger charge is -2.00. The molecule has 0 saturated heterocycles. The van der Waals surface area contributed by atoms with Crippen LogP contribution in [0.1, 0.15) is 17.2 Å². The van der Waals surface area contributed by atoms with Gasteiger partial charge in [0, 0.05) is 15.4 Å². The van der Waals surface area contributed by atoms with Gasteiger partial charge in [-0.3, -0.25) is 0 Å². The van der Waals surface area contributed by atoms with E-state index >= 15 is 0 Å². The first-order valence-electron chi connectivity index (χ1n) is 4.50. The Morgan fingerprint density at radius 2 is 1.87 bits per heavy atom. The highest BCUT2D eigenvalue weighted by Crippen LogP contribution is 2.21. The molecule has 0 fully saturated rings. The second-order valence-corrected chi connectivity index (χ2v) is 5.15. The van der Waals surface area contributed by atoms with Crippen LogP contribution in [0, 0.1) is 6.92 Å². The fourth-order valence-corrected chi connectivity index (χ4v) is 2.76. The first kappa shape index (κ1) is 10.9. The molecule has 0 aliphatic heterocycles.